The number of hydrogen-bond acceptors (Lipinski definition) is 1. The van der Waals surface area contributed by atoms with Gasteiger partial charge in [0.25, 0.3) is 0 Å². The third kappa shape index (κ3) is 3.91. The maximum atomic E-state index is 12.8. The molecular weight excluding hydrogens is 249 g/mol. The van der Waals surface area contributed by atoms with Gasteiger partial charge in [-0.05, 0) is 68.1 Å². The number of hydrogen-bond donors (Lipinski definition) is 1. The molecule has 0 saturated heterocycles. The standard InChI is InChI=1S/C18H22FN/c1-13-10-14(2)18(15(3)11-13)12-20-9-8-16-4-6-17(19)7-5-16/h4-7,10-11,20H,8-9,12H2,1-3H3. The zero-order chi connectivity index (χ0) is 14.5. The van der Waals surface area contributed by atoms with Gasteiger partial charge in [0.15, 0.2) is 0 Å². The van der Waals surface area contributed by atoms with Crippen molar-refractivity contribution in [3.63, 3.8) is 0 Å². The van der Waals surface area contributed by atoms with E-state index in [1.165, 1.54) is 34.4 Å². The van der Waals surface area contributed by atoms with Crippen molar-refractivity contribution < 1.29 is 4.39 Å². The van der Waals surface area contributed by atoms with Gasteiger partial charge >= 0.3 is 0 Å². The Morgan fingerprint density at radius 1 is 0.950 bits per heavy atom. The molecule has 1 N–H and O–H groups in total. The molecule has 2 aromatic carbocycles. The summed E-state index contributed by atoms with van der Waals surface area (Å²) in [6.07, 6.45) is 0.921. The Labute approximate surface area is 120 Å². The Hall–Kier alpha value is -1.67. The molecule has 0 aliphatic carbocycles. The van der Waals surface area contributed by atoms with Crippen LogP contribution in [0.1, 0.15) is 27.8 Å². The van der Waals surface area contributed by atoms with Crippen molar-refractivity contribution in [2.24, 2.45) is 0 Å². The first-order valence-corrected chi connectivity index (χ1v) is 7.08. The highest BCUT2D eigenvalue weighted by atomic mass is 19.1. The second-order valence-corrected chi connectivity index (χ2v) is 5.43. The molecule has 0 saturated carbocycles. The summed E-state index contributed by atoms with van der Waals surface area (Å²) in [7, 11) is 0. The second kappa shape index (κ2) is 6.67. The Kier molecular flexibility index (Phi) is 4.91. The molecule has 0 spiro atoms. The lowest BCUT2D eigenvalue weighted by Gasteiger charge is -2.12. The Morgan fingerprint density at radius 2 is 1.55 bits per heavy atom. The summed E-state index contributed by atoms with van der Waals surface area (Å²) in [6.45, 7) is 8.25. The lowest BCUT2D eigenvalue weighted by atomic mass is 10.00. The molecule has 0 aliphatic heterocycles. The van der Waals surface area contributed by atoms with E-state index in [4.69, 9.17) is 0 Å². The lowest BCUT2D eigenvalue weighted by molar-refractivity contribution is 0.626. The van der Waals surface area contributed by atoms with Crippen molar-refractivity contribution in [1.29, 1.82) is 0 Å². The molecule has 0 fully saturated rings. The number of rotatable bonds is 5. The largest absolute Gasteiger partial charge is 0.312 e. The molecule has 0 aromatic heterocycles. The summed E-state index contributed by atoms with van der Waals surface area (Å²) in [5, 5.41) is 3.47. The first kappa shape index (κ1) is 14.7. The Morgan fingerprint density at radius 3 is 2.15 bits per heavy atom. The van der Waals surface area contributed by atoms with Crippen LogP contribution in [0.15, 0.2) is 36.4 Å². The van der Waals surface area contributed by atoms with Crippen molar-refractivity contribution in [2.45, 2.75) is 33.7 Å². The third-order valence-electron chi connectivity index (χ3n) is 3.65. The zero-order valence-electron chi connectivity index (χ0n) is 12.5. The van der Waals surface area contributed by atoms with Crippen LogP contribution < -0.4 is 5.32 Å². The topological polar surface area (TPSA) is 12.0 Å². The molecule has 2 heteroatoms. The van der Waals surface area contributed by atoms with E-state index in [0.717, 1.165) is 25.1 Å². The Bertz CT molecular complexity index is 549. The van der Waals surface area contributed by atoms with Gasteiger partial charge in [-0.3, -0.25) is 0 Å². The molecule has 0 amide bonds. The molecule has 1 nitrogen and oxygen atoms in total. The van der Waals surface area contributed by atoms with Gasteiger partial charge in [0.2, 0.25) is 0 Å². The van der Waals surface area contributed by atoms with Gasteiger partial charge in [0, 0.05) is 6.54 Å². The summed E-state index contributed by atoms with van der Waals surface area (Å²) in [5.41, 5.74) is 6.55. The van der Waals surface area contributed by atoms with Crippen LogP contribution in [-0.2, 0) is 13.0 Å². The fourth-order valence-electron chi connectivity index (χ4n) is 2.59. The van der Waals surface area contributed by atoms with E-state index in [9.17, 15) is 4.39 Å². The van der Waals surface area contributed by atoms with Gasteiger partial charge < -0.3 is 5.32 Å². The van der Waals surface area contributed by atoms with Crippen LogP contribution >= 0.6 is 0 Å². The predicted molar refractivity (Wildman–Crippen MR) is 82.5 cm³/mol. The van der Waals surface area contributed by atoms with E-state index >= 15 is 0 Å². The molecule has 0 radical (unpaired) electrons. The molecular formula is C18H22FN. The molecule has 20 heavy (non-hydrogen) atoms. The highest BCUT2D eigenvalue weighted by molar-refractivity contribution is 5.37. The fraction of sp³-hybridized carbons (Fsp3) is 0.333. The lowest BCUT2D eigenvalue weighted by Crippen LogP contribution is -2.18. The fourth-order valence-corrected chi connectivity index (χ4v) is 2.59. The first-order chi connectivity index (χ1) is 9.56. The van der Waals surface area contributed by atoms with Crippen molar-refractivity contribution in [2.75, 3.05) is 6.54 Å². The third-order valence-corrected chi connectivity index (χ3v) is 3.65. The number of halogens is 1. The monoisotopic (exact) mass is 271 g/mol. The van der Waals surface area contributed by atoms with Crippen LogP contribution in [0.25, 0.3) is 0 Å². The van der Waals surface area contributed by atoms with Crippen molar-refractivity contribution in [1.82, 2.24) is 5.32 Å². The van der Waals surface area contributed by atoms with Crippen molar-refractivity contribution in [3.8, 4) is 0 Å². The van der Waals surface area contributed by atoms with Gasteiger partial charge in [-0.25, -0.2) is 4.39 Å². The molecule has 106 valence electrons. The maximum Gasteiger partial charge on any atom is 0.123 e. The van der Waals surface area contributed by atoms with Gasteiger partial charge in [0.05, 0.1) is 0 Å². The SMILES string of the molecule is Cc1cc(C)c(CNCCc2ccc(F)cc2)c(C)c1. The van der Waals surface area contributed by atoms with E-state index in [1.807, 2.05) is 12.1 Å². The van der Waals surface area contributed by atoms with E-state index in [2.05, 4.69) is 38.2 Å². The Balaban J connectivity index is 1.86. The molecule has 0 atom stereocenters. The van der Waals surface area contributed by atoms with E-state index in [-0.39, 0.29) is 5.82 Å². The van der Waals surface area contributed by atoms with E-state index < -0.39 is 0 Å². The molecule has 0 bridgehead atoms. The molecule has 0 heterocycles. The smallest absolute Gasteiger partial charge is 0.123 e. The highest BCUT2D eigenvalue weighted by Gasteiger charge is 2.03. The normalized spacial score (nSPS) is 10.8. The average molecular weight is 271 g/mol. The minimum atomic E-state index is -0.174. The number of benzene rings is 2. The summed E-state index contributed by atoms with van der Waals surface area (Å²) in [6, 6.07) is 11.2. The van der Waals surface area contributed by atoms with Crippen LogP contribution in [0.3, 0.4) is 0 Å². The maximum absolute atomic E-state index is 12.8. The molecule has 2 aromatic rings. The van der Waals surface area contributed by atoms with Gasteiger partial charge in [0.1, 0.15) is 5.82 Å². The summed E-state index contributed by atoms with van der Waals surface area (Å²) in [4.78, 5) is 0. The van der Waals surface area contributed by atoms with Crippen LogP contribution in [0, 0.1) is 26.6 Å². The molecule has 2 rings (SSSR count). The summed E-state index contributed by atoms with van der Waals surface area (Å²) in [5.74, 6) is -0.174. The minimum absolute atomic E-state index is 0.174. The van der Waals surface area contributed by atoms with Crippen LogP contribution in [-0.4, -0.2) is 6.54 Å². The second-order valence-electron chi connectivity index (χ2n) is 5.43. The predicted octanol–water partition coefficient (Wildman–Crippen LogP) is 4.08. The molecule has 0 unspecified atom stereocenters. The summed E-state index contributed by atoms with van der Waals surface area (Å²) >= 11 is 0. The summed E-state index contributed by atoms with van der Waals surface area (Å²) < 4.78 is 12.8. The molecule has 0 aliphatic rings. The van der Waals surface area contributed by atoms with Gasteiger partial charge in [-0.1, -0.05) is 29.8 Å². The van der Waals surface area contributed by atoms with Gasteiger partial charge in [-0.2, -0.15) is 0 Å². The van der Waals surface area contributed by atoms with Crippen LogP contribution in [0.4, 0.5) is 4.39 Å². The van der Waals surface area contributed by atoms with Crippen molar-refractivity contribution >= 4 is 0 Å². The highest BCUT2D eigenvalue weighted by Crippen LogP contribution is 2.16. The number of nitrogens with one attached hydrogen (secondary N) is 1. The van der Waals surface area contributed by atoms with E-state index in [0.29, 0.717) is 0 Å². The minimum Gasteiger partial charge on any atom is -0.312 e. The van der Waals surface area contributed by atoms with E-state index in [1.54, 1.807) is 0 Å². The number of aryl methyl sites for hydroxylation is 3. The first-order valence-electron chi connectivity index (χ1n) is 7.08. The van der Waals surface area contributed by atoms with Gasteiger partial charge in [-0.15, -0.1) is 0 Å². The average Bonchev–Trinajstić information content (AvgIpc) is 2.39. The van der Waals surface area contributed by atoms with Crippen molar-refractivity contribution in [3.05, 3.63) is 70.0 Å². The van der Waals surface area contributed by atoms with Crippen LogP contribution in [0.5, 0.6) is 0 Å². The van der Waals surface area contributed by atoms with Crippen LogP contribution in [0.2, 0.25) is 0 Å². The zero-order valence-corrected chi connectivity index (χ0v) is 12.5. The quantitative estimate of drug-likeness (QED) is 0.808.